The van der Waals surface area contributed by atoms with Crippen molar-refractivity contribution < 1.29 is 28.6 Å². The third-order valence-electron chi connectivity index (χ3n) is 2.59. The molecule has 1 rings (SSSR count). The van der Waals surface area contributed by atoms with Crippen molar-refractivity contribution in [1.82, 2.24) is 0 Å². The average molecular weight is 254 g/mol. The van der Waals surface area contributed by atoms with E-state index in [4.69, 9.17) is 0 Å². The summed E-state index contributed by atoms with van der Waals surface area (Å²) in [6.07, 6.45) is 2.94. The summed E-state index contributed by atoms with van der Waals surface area (Å²) < 4.78 is 13.7. The van der Waals surface area contributed by atoms with Crippen molar-refractivity contribution in [2.24, 2.45) is 5.92 Å². The molecule has 0 bridgehead atoms. The zero-order valence-electron chi connectivity index (χ0n) is 10.4. The fourth-order valence-corrected chi connectivity index (χ4v) is 1.64. The molecule has 6 nitrogen and oxygen atoms in total. The Hall–Kier alpha value is -2.11. The van der Waals surface area contributed by atoms with E-state index in [0.29, 0.717) is 0 Å². The van der Waals surface area contributed by atoms with Crippen LogP contribution in [0.5, 0.6) is 0 Å². The van der Waals surface area contributed by atoms with Crippen molar-refractivity contribution in [3.8, 4) is 0 Å². The first-order valence-corrected chi connectivity index (χ1v) is 5.21. The molecule has 0 spiro atoms. The summed E-state index contributed by atoms with van der Waals surface area (Å²) in [6, 6.07) is 0. The molecule has 0 N–H and O–H groups in total. The van der Waals surface area contributed by atoms with Crippen LogP contribution in [0, 0.1) is 5.92 Å². The Kier molecular flexibility index (Phi) is 4.65. The summed E-state index contributed by atoms with van der Waals surface area (Å²) in [6.45, 7) is 0. The Morgan fingerprint density at radius 2 is 1.67 bits per heavy atom. The quantitative estimate of drug-likeness (QED) is 0.535. The van der Waals surface area contributed by atoms with Gasteiger partial charge >= 0.3 is 17.9 Å². The number of hydrogen-bond acceptors (Lipinski definition) is 6. The average Bonchev–Trinajstić information content (AvgIpc) is 2.43. The van der Waals surface area contributed by atoms with Crippen molar-refractivity contribution in [2.45, 2.75) is 6.42 Å². The van der Waals surface area contributed by atoms with Gasteiger partial charge in [0.05, 0.1) is 38.4 Å². The van der Waals surface area contributed by atoms with E-state index in [2.05, 4.69) is 14.2 Å². The summed E-state index contributed by atoms with van der Waals surface area (Å²) >= 11 is 0. The second kappa shape index (κ2) is 6.00. The van der Waals surface area contributed by atoms with Gasteiger partial charge in [-0.05, 0) is 6.42 Å². The second-order valence-electron chi connectivity index (χ2n) is 3.57. The predicted molar refractivity (Wildman–Crippen MR) is 60.3 cm³/mol. The summed E-state index contributed by atoms with van der Waals surface area (Å²) in [7, 11) is 3.67. The number of carbonyl (C=O) groups is 3. The van der Waals surface area contributed by atoms with Gasteiger partial charge in [0.15, 0.2) is 0 Å². The van der Waals surface area contributed by atoms with Gasteiger partial charge in [0.1, 0.15) is 0 Å². The van der Waals surface area contributed by atoms with E-state index in [1.54, 1.807) is 0 Å². The molecule has 0 fully saturated rings. The Balaban J connectivity index is 3.08. The third kappa shape index (κ3) is 2.77. The number of methoxy groups -OCH3 is 3. The molecule has 0 aliphatic heterocycles. The monoisotopic (exact) mass is 254 g/mol. The molecule has 0 aromatic heterocycles. The highest BCUT2D eigenvalue weighted by molar-refractivity contribution is 6.03. The van der Waals surface area contributed by atoms with Crippen LogP contribution in [-0.4, -0.2) is 39.2 Å². The molecule has 1 aliphatic rings. The molecule has 0 unspecified atom stereocenters. The largest absolute Gasteiger partial charge is 0.469 e. The van der Waals surface area contributed by atoms with E-state index in [-0.39, 0.29) is 17.6 Å². The molecule has 98 valence electrons. The summed E-state index contributed by atoms with van der Waals surface area (Å²) in [5, 5.41) is 0. The molecule has 0 saturated heterocycles. The highest BCUT2D eigenvalue weighted by Gasteiger charge is 2.30. The predicted octanol–water partition coefficient (Wildman–Crippen LogP) is 0.378. The van der Waals surface area contributed by atoms with Crippen LogP contribution >= 0.6 is 0 Å². The van der Waals surface area contributed by atoms with Crippen molar-refractivity contribution in [3.05, 3.63) is 23.3 Å². The first-order valence-electron chi connectivity index (χ1n) is 5.21. The lowest BCUT2D eigenvalue weighted by Gasteiger charge is -2.18. The molecule has 0 aromatic rings. The molecule has 0 saturated carbocycles. The molecular formula is C12H14O6. The van der Waals surface area contributed by atoms with Gasteiger partial charge in [-0.3, -0.25) is 4.79 Å². The number of esters is 3. The first-order chi connectivity index (χ1) is 8.54. The maximum absolute atomic E-state index is 11.6. The summed E-state index contributed by atoms with van der Waals surface area (Å²) in [4.78, 5) is 34.5. The van der Waals surface area contributed by atoms with Crippen LogP contribution in [0.1, 0.15) is 6.42 Å². The Labute approximate surface area is 104 Å². The number of carbonyl (C=O) groups excluding carboxylic acids is 3. The van der Waals surface area contributed by atoms with Gasteiger partial charge in [0.25, 0.3) is 0 Å². The van der Waals surface area contributed by atoms with E-state index in [1.165, 1.54) is 33.5 Å². The minimum atomic E-state index is -0.659. The van der Waals surface area contributed by atoms with Crippen molar-refractivity contribution in [2.75, 3.05) is 21.3 Å². The van der Waals surface area contributed by atoms with Crippen molar-refractivity contribution >= 4 is 17.9 Å². The maximum Gasteiger partial charge on any atom is 0.338 e. The van der Waals surface area contributed by atoms with Gasteiger partial charge < -0.3 is 14.2 Å². The topological polar surface area (TPSA) is 78.9 Å². The highest BCUT2D eigenvalue weighted by atomic mass is 16.5. The van der Waals surface area contributed by atoms with Gasteiger partial charge in [-0.1, -0.05) is 12.2 Å². The Bertz CT molecular complexity index is 432. The third-order valence-corrected chi connectivity index (χ3v) is 2.59. The number of hydrogen-bond donors (Lipinski definition) is 0. The first kappa shape index (κ1) is 14.0. The van der Waals surface area contributed by atoms with Gasteiger partial charge in [-0.2, -0.15) is 0 Å². The van der Waals surface area contributed by atoms with Crippen LogP contribution in [-0.2, 0) is 28.6 Å². The number of ether oxygens (including phenoxy) is 3. The minimum absolute atomic E-state index is 0.0558. The van der Waals surface area contributed by atoms with E-state index in [0.717, 1.165) is 0 Å². The SMILES string of the molecule is COC(=O)C1=C(C(=O)OC)C[C@H](C(=O)OC)C=C1. The van der Waals surface area contributed by atoms with Crippen LogP contribution in [0.4, 0.5) is 0 Å². The fourth-order valence-electron chi connectivity index (χ4n) is 1.64. The van der Waals surface area contributed by atoms with Crippen LogP contribution in [0.15, 0.2) is 23.3 Å². The van der Waals surface area contributed by atoms with Gasteiger partial charge in [0.2, 0.25) is 0 Å². The molecule has 0 radical (unpaired) electrons. The minimum Gasteiger partial charge on any atom is -0.469 e. The van der Waals surface area contributed by atoms with Crippen molar-refractivity contribution in [3.63, 3.8) is 0 Å². The standard InChI is InChI=1S/C12H14O6/c1-16-10(13)7-4-5-8(11(14)17-2)9(6-7)12(15)18-3/h4-5,7H,6H2,1-3H3/t7-/m1/s1. The zero-order valence-corrected chi connectivity index (χ0v) is 10.4. The van der Waals surface area contributed by atoms with E-state index >= 15 is 0 Å². The fraction of sp³-hybridized carbons (Fsp3) is 0.417. The van der Waals surface area contributed by atoms with E-state index in [1.807, 2.05) is 0 Å². The zero-order chi connectivity index (χ0) is 13.7. The van der Waals surface area contributed by atoms with Gasteiger partial charge in [-0.15, -0.1) is 0 Å². The lowest BCUT2D eigenvalue weighted by Crippen LogP contribution is -2.23. The van der Waals surface area contributed by atoms with Crippen LogP contribution in [0.3, 0.4) is 0 Å². The van der Waals surface area contributed by atoms with Gasteiger partial charge in [-0.25, -0.2) is 9.59 Å². The van der Waals surface area contributed by atoms with E-state index < -0.39 is 23.8 Å². The maximum atomic E-state index is 11.6. The van der Waals surface area contributed by atoms with Crippen LogP contribution in [0.25, 0.3) is 0 Å². The van der Waals surface area contributed by atoms with Crippen LogP contribution in [0.2, 0.25) is 0 Å². The normalized spacial score (nSPS) is 18.3. The molecule has 1 aliphatic carbocycles. The lowest BCUT2D eigenvalue weighted by molar-refractivity contribution is -0.144. The molecule has 0 heterocycles. The molecule has 0 aromatic carbocycles. The number of rotatable bonds is 3. The van der Waals surface area contributed by atoms with Crippen LogP contribution < -0.4 is 0 Å². The Morgan fingerprint density at radius 3 is 2.17 bits per heavy atom. The Morgan fingerprint density at radius 1 is 1.06 bits per heavy atom. The van der Waals surface area contributed by atoms with Gasteiger partial charge in [0, 0.05) is 0 Å². The van der Waals surface area contributed by atoms with Crippen molar-refractivity contribution in [1.29, 1.82) is 0 Å². The smallest absolute Gasteiger partial charge is 0.338 e. The lowest BCUT2D eigenvalue weighted by atomic mass is 9.89. The summed E-state index contributed by atoms with van der Waals surface area (Å²) in [5.41, 5.74) is 0.215. The molecule has 6 heteroatoms. The highest BCUT2D eigenvalue weighted by Crippen LogP contribution is 2.26. The van der Waals surface area contributed by atoms with E-state index in [9.17, 15) is 14.4 Å². The second-order valence-corrected chi connectivity index (χ2v) is 3.57. The molecule has 0 amide bonds. The summed E-state index contributed by atoms with van der Waals surface area (Å²) in [5.74, 6) is -2.38. The molecular weight excluding hydrogens is 240 g/mol. The molecule has 18 heavy (non-hydrogen) atoms. The molecule has 1 atom stereocenters.